The van der Waals surface area contributed by atoms with E-state index in [1.165, 1.54) is 18.3 Å². The molecule has 0 unspecified atom stereocenters. The molecular formula is C23H23F4N5O. The maximum atomic E-state index is 13.1. The Morgan fingerprint density at radius 3 is 2.15 bits per heavy atom. The topological polar surface area (TPSA) is 53.4 Å². The number of hydrogen-bond donors (Lipinski definition) is 1. The summed E-state index contributed by atoms with van der Waals surface area (Å²) in [5.74, 6) is -0.498. The predicted molar refractivity (Wildman–Crippen MR) is 116 cm³/mol. The minimum atomic E-state index is -4.50. The van der Waals surface area contributed by atoms with Gasteiger partial charge in [-0.05, 0) is 54.6 Å². The fourth-order valence-corrected chi connectivity index (χ4v) is 3.70. The van der Waals surface area contributed by atoms with Crippen LogP contribution >= 0.6 is 0 Å². The van der Waals surface area contributed by atoms with Gasteiger partial charge in [0.25, 0.3) is 5.91 Å². The number of hydrogen-bond acceptors (Lipinski definition) is 4. The second kappa shape index (κ2) is 9.62. The molecule has 1 aliphatic heterocycles. The van der Waals surface area contributed by atoms with Gasteiger partial charge in [0.2, 0.25) is 0 Å². The second-order valence-electron chi connectivity index (χ2n) is 7.75. The van der Waals surface area contributed by atoms with Crippen molar-refractivity contribution in [1.82, 2.24) is 20.0 Å². The molecule has 0 atom stereocenters. The molecule has 0 bridgehead atoms. The summed E-state index contributed by atoms with van der Waals surface area (Å²) in [6.07, 6.45) is -3.27. The number of anilines is 1. The van der Waals surface area contributed by atoms with Crippen molar-refractivity contribution in [2.24, 2.45) is 0 Å². The lowest BCUT2D eigenvalue weighted by molar-refractivity contribution is -0.141. The average Bonchev–Trinajstić information content (AvgIpc) is 3.31. The number of amides is 1. The fourth-order valence-electron chi connectivity index (χ4n) is 3.70. The minimum absolute atomic E-state index is 0.247. The number of nitrogens with one attached hydrogen (secondary N) is 1. The number of aromatic nitrogens is 2. The predicted octanol–water partition coefficient (Wildman–Crippen LogP) is 3.58. The zero-order valence-corrected chi connectivity index (χ0v) is 17.7. The number of carbonyl (C=O) groups is 1. The van der Waals surface area contributed by atoms with Crippen LogP contribution in [0.1, 0.15) is 16.1 Å². The van der Waals surface area contributed by atoms with Crippen LogP contribution in [0.4, 0.5) is 23.2 Å². The van der Waals surface area contributed by atoms with Crippen LogP contribution in [0.2, 0.25) is 0 Å². The maximum absolute atomic E-state index is 13.1. The molecule has 0 spiro atoms. The number of carbonyl (C=O) groups excluding carboxylic acids is 1. The van der Waals surface area contributed by atoms with Crippen molar-refractivity contribution in [3.8, 4) is 5.69 Å². The van der Waals surface area contributed by atoms with Crippen LogP contribution in [0.15, 0.2) is 60.8 Å². The first-order chi connectivity index (χ1) is 15.8. The molecule has 0 radical (unpaired) electrons. The van der Waals surface area contributed by atoms with Gasteiger partial charge in [-0.2, -0.15) is 18.3 Å². The number of piperazine rings is 1. The van der Waals surface area contributed by atoms with Crippen molar-refractivity contribution in [3.05, 3.63) is 77.9 Å². The summed E-state index contributed by atoms with van der Waals surface area (Å²) in [4.78, 5) is 16.8. The highest BCUT2D eigenvalue weighted by Crippen LogP contribution is 2.27. The number of nitrogens with zero attached hydrogens (tertiary/aromatic N) is 4. The van der Waals surface area contributed by atoms with Gasteiger partial charge in [-0.3, -0.25) is 9.69 Å². The van der Waals surface area contributed by atoms with E-state index in [2.05, 4.69) is 20.2 Å². The summed E-state index contributed by atoms with van der Waals surface area (Å²) >= 11 is 0. The first-order valence-corrected chi connectivity index (χ1v) is 10.5. The number of halogens is 4. The molecule has 33 heavy (non-hydrogen) atoms. The van der Waals surface area contributed by atoms with Crippen molar-refractivity contribution >= 4 is 11.6 Å². The lowest BCUT2D eigenvalue weighted by Gasteiger charge is -2.36. The third-order valence-electron chi connectivity index (χ3n) is 5.55. The van der Waals surface area contributed by atoms with Crippen molar-refractivity contribution in [2.45, 2.75) is 6.18 Å². The van der Waals surface area contributed by atoms with Crippen molar-refractivity contribution in [1.29, 1.82) is 0 Å². The molecule has 0 saturated carbocycles. The van der Waals surface area contributed by atoms with Gasteiger partial charge in [-0.25, -0.2) is 9.07 Å². The molecule has 1 amide bonds. The lowest BCUT2D eigenvalue weighted by atomic mass is 10.2. The molecule has 1 fully saturated rings. The fraction of sp³-hybridized carbons (Fsp3) is 0.304. The Hall–Kier alpha value is -3.40. The van der Waals surface area contributed by atoms with Gasteiger partial charge in [-0.1, -0.05) is 0 Å². The van der Waals surface area contributed by atoms with Crippen LogP contribution in [0, 0.1) is 5.82 Å². The highest BCUT2D eigenvalue weighted by atomic mass is 19.4. The van der Waals surface area contributed by atoms with Gasteiger partial charge in [0.15, 0.2) is 5.69 Å². The summed E-state index contributed by atoms with van der Waals surface area (Å²) < 4.78 is 52.3. The van der Waals surface area contributed by atoms with E-state index < -0.39 is 11.9 Å². The molecule has 4 rings (SSSR count). The molecule has 0 aliphatic carbocycles. The molecule has 10 heteroatoms. The van der Waals surface area contributed by atoms with Crippen molar-refractivity contribution < 1.29 is 22.4 Å². The highest BCUT2D eigenvalue weighted by molar-refractivity contribution is 5.94. The first kappa shape index (κ1) is 22.8. The molecule has 2 heterocycles. The van der Waals surface area contributed by atoms with Crippen LogP contribution in [0.3, 0.4) is 0 Å². The van der Waals surface area contributed by atoms with E-state index in [0.29, 0.717) is 24.3 Å². The van der Waals surface area contributed by atoms with Crippen LogP contribution < -0.4 is 10.2 Å². The van der Waals surface area contributed by atoms with E-state index in [4.69, 9.17) is 0 Å². The zero-order valence-electron chi connectivity index (χ0n) is 17.7. The SMILES string of the molecule is O=C(NCCN1CCN(c2ccc(F)cc2)CC1)c1ccc(-n2ccc(C(F)(F)F)n2)cc1. The minimum Gasteiger partial charge on any atom is -0.369 e. The Balaban J connectivity index is 1.22. The van der Waals surface area contributed by atoms with E-state index in [9.17, 15) is 22.4 Å². The standard InChI is InChI=1S/C23H23F4N5O/c24-18-3-7-19(8-4-18)31-15-13-30(14-16-31)12-10-28-22(33)17-1-5-20(6-2-17)32-11-9-21(29-32)23(25,26)27/h1-9,11H,10,12-16H2,(H,28,33). The second-order valence-corrected chi connectivity index (χ2v) is 7.75. The first-order valence-electron chi connectivity index (χ1n) is 10.5. The molecule has 174 valence electrons. The van der Waals surface area contributed by atoms with Crippen LogP contribution in [-0.4, -0.2) is 59.9 Å². The maximum Gasteiger partial charge on any atom is 0.435 e. The van der Waals surface area contributed by atoms with E-state index in [1.807, 2.05) is 0 Å². The summed E-state index contributed by atoms with van der Waals surface area (Å²) in [5, 5.41) is 6.39. The van der Waals surface area contributed by atoms with Gasteiger partial charge >= 0.3 is 6.18 Å². The van der Waals surface area contributed by atoms with E-state index in [1.54, 1.807) is 36.4 Å². The molecule has 1 N–H and O–H groups in total. The van der Waals surface area contributed by atoms with Gasteiger partial charge < -0.3 is 10.2 Å². The van der Waals surface area contributed by atoms with Gasteiger partial charge in [0.1, 0.15) is 5.82 Å². The van der Waals surface area contributed by atoms with Crippen LogP contribution in [0.25, 0.3) is 5.69 Å². The molecule has 1 aliphatic rings. The Labute approximate surface area is 188 Å². The Kier molecular flexibility index (Phi) is 6.64. The molecule has 6 nitrogen and oxygen atoms in total. The summed E-state index contributed by atoms with van der Waals surface area (Å²) in [6, 6.07) is 13.6. The van der Waals surface area contributed by atoms with Crippen LogP contribution in [-0.2, 0) is 6.18 Å². The highest BCUT2D eigenvalue weighted by Gasteiger charge is 2.33. The van der Waals surface area contributed by atoms with Crippen LogP contribution in [0.5, 0.6) is 0 Å². The molecular weight excluding hydrogens is 438 g/mol. The number of benzene rings is 2. The Bertz CT molecular complexity index is 1070. The Morgan fingerprint density at radius 1 is 0.909 bits per heavy atom. The third kappa shape index (κ3) is 5.70. The normalized spacial score (nSPS) is 15.0. The Morgan fingerprint density at radius 2 is 1.55 bits per heavy atom. The van der Waals surface area contributed by atoms with Crippen molar-refractivity contribution in [2.75, 3.05) is 44.2 Å². The number of alkyl halides is 3. The van der Waals surface area contributed by atoms with E-state index in [0.717, 1.165) is 42.6 Å². The molecule has 1 saturated heterocycles. The average molecular weight is 461 g/mol. The van der Waals surface area contributed by atoms with Gasteiger partial charge in [0, 0.05) is 56.7 Å². The monoisotopic (exact) mass is 461 g/mol. The number of rotatable bonds is 6. The summed E-state index contributed by atoms with van der Waals surface area (Å²) in [5.41, 5.74) is 0.879. The smallest absolute Gasteiger partial charge is 0.369 e. The lowest BCUT2D eigenvalue weighted by Crippen LogP contribution is -2.48. The largest absolute Gasteiger partial charge is 0.435 e. The summed E-state index contributed by atoms with van der Waals surface area (Å²) in [6.45, 7) is 4.51. The molecule has 2 aromatic carbocycles. The third-order valence-corrected chi connectivity index (χ3v) is 5.55. The molecule has 1 aromatic heterocycles. The summed E-state index contributed by atoms with van der Waals surface area (Å²) in [7, 11) is 0. The van der Waals surface area contributed by atoms with Crippen molar-refractivity contribution in [3.63, 3.8) is 0 Å². The zero-order chi connectivity index (χ0) is 23.4. The van der Waals surface area contributed by atoms with Gasteiger partial charge in [0.05, 0.1) is 5.69 Å². The quantitative estimate of drug-likeness (QED) is 0.571. The van der Waals surface area contributed by atoms with E-state index in [-0.39, 0.29) is 11.7 Å². The van der Waals surface area contributed by atoms with Gasteiger partial charge in [-0.15, -0.1) is 0 Å². The van der Waals surface area contributed by atoms with E-state index >= 15 is 0 Å². The molecule has 3 aromatic rings.